The van der Waals surface area contributed by atoms with Crippen LogP contribution in [0.2, 0.25) is 0 Å². The van der Waals surface area contributed by atoms with E-state index in [9.17, 15) is 18.0 Å². The number of rotatable bonds is 4. The molecule has 1 unspecified atom stereocenters. The number of ether oxygens (including phenoxy) is 2. The molecule has 2 aliphatic rings. The van der Waals surface area contributed by atoms with Crippen molar-refractivity contribution in [2.75, 3.05) is 19.1 Å². The maximum atomic E-state index is 12.8. The summed E-state index contributed by atoms with van der Waals surface area (Å²) in [5, 5.41) is 5.98. The Labute approximate surface area is 157 Å². The number of benzene rings is 1. The SMILES string of the molecule is CO/C=C(\C(=O)OC)C1=C(C)N2N=CN(c3ccc(C(F)(F)F)cc3)C2S1. The van der Waals surface area contributed by atoms with Crippen LogP contribution in [0.1, 0.15) is 12.5 Å². The summed E-state index contributed by atoms with van der Waals surface area (Å²) in [5.74, 6) is -0.551. The Bertz CT molecular complexity index is 834. The summed E-state index contributed by atoms with van der Waals surface area (Å²) in [6.45, 7) is 1.79. The van der Waals surface area contributed by atoms with Gasteiger partial charge in [-0.2, -0.15) is 18.3 Å². The summed E-state index contributed by atoms with van der Waals surface area (Å²) >= 11 is 1.33. The van der Waals surface area contributed by atoms with E-state index in [1.807, 2.05) is 0 Å². The number of halogens is 3. The number of fused-ring (bicyclic) bond motifs is 1. The Morgan fingerprint density at radius 3 is 2.48 bits per heavy atom. The monoisotopic (exact) mass is 399 g/mol. The molecule has 0 aliphatic carbocycles. The number of esters is 1. The van der Waals surface area contributed by atoms with Crippen LogP contribution in [0.5, 0.6) is 0 Å². The molecule has 6 nitrogen and oxygen atoms in total. The first kappa shape index (κ1) is 19.2. The lowest BCUT2D eigenvalue weighted by Crippen LogP contribution is -2.33. The van der Waals surface area contributed by atoms with E-state index in [1.54, 1.807) is 23.2 Å². The first-order chi connectivity index (χ1) is 12.8. The summed E-state index contributed by atoms with van der Waals surface area (Å²) in [7, 11) is 2.70. The summed E-state index contributed by atoms with van der Waals surface area (Å²) < 4.78 is 48.1. The standard InChI is InChI=1S/C17H16F3N3O3S/c1-10-14(13(8-25-2)15(24)26-3)27-16-22(9-21-23(10)16)12-6-4-11(5-7-12)17(18,19)20/h4-9,16H,1-3H3/b13-8-. The number of hydrogen-bond donors (Lipinski definition) is 0. The Morgan fingerprint density at radius 1 is 1.26 bits per heavy atom. The molecular formula is C17H16F3N3O3S. The van der Waals surface area contributed by atoms with Gasteiger partial charge in [-0.05, 0) is 31.2 Å². The second-order valence-corrected chi connectivity index (χ2v) is 6.71. The van der Waals surface area contributed by atoms with Gasteiger partial charge in [-0.3, -0.25) is 4.90 Å². The Kier molecular flexibility index (Phi) is 5.09. The van der Waals surface area contributed by atoms with Crippen LogP contribution in [0.4, 0.5) is 18.9 Å². The van der Waals surface area contributed by atoms with Gasteiger partial charge in [-0.25, -0.2) is 9.80 Å². The van der Waals surface area contributed by atoms with E-state index in [4.69, 9.17) is 9.47 Å². The lowest BCUT2D eigenvalue weighted by atomic mass is 10.2. The fraction of sp³-hybridized carbons (Fsp3) is 0.294. The van der Waals surface area contributed by atoms with Crippen molar-refractivity contribution in [2.45, 2.75) is 18.6 Å². The van der Waals surface area contributed by atoms with Gasteiger partial charge in [0.05, 0.1) is 31.7 Å². The quantitative estimate of drug-likeness (QED) is 0.437. The maximum Gasteiger partial charge on any atom is 0.416 e. The highest BCUT2D eigenvalue weighted by atomic mass is 32.2. The molecule has 0 saturated heterocycles. The van der Waals surface area contributed by atoms with Crippen LogP contribution in [0, 0.1) is 0 Å². The van der Waals surface area contributed by atoms with Gasteiger partial charge in [-0.15, -0.1) is 0 Å². The van der Waals surface area contributed by atoms with Gasteiger partial charge in [0.15, 0.2) is 5.50 Å². The number of methoxy groups -OCH3 is 2. The van der Waals surface area contributed by atoms with Gasteiger partial charge in [0.1, 0.15) is 11.9 Å². The van der Waals surface area contributed by atoms with E-state index in [0.29, 0.717) is 16.3 Å². The molecule has 0 radical (unpaired) electrons. The number of anilines is 1. The summed E-state index contributed by atoms with van der Waals surface area (Å²) in [6, 6.07) is 4.82. The third kappa shape index (κ3) is 3.48. The predicted octanol–water partition coefficient (Wildman–Crippen LogP) is 3.74. The van der Waals surface area contributed by atoms with Crippen LogP contribution < -0.4 is 4.90 Å². The highest BCUT2D eigenvalue weighted by Crippen LogP contribution is 2.46. The number of hydrogen-bond acceptors (Lipinski definition) is 7. The molecule has 10 heteroatoms. The van der Waals surface area contributed by atoms with Crippen molar-refractivity contribution in [1.29, 1.82) is 0 Å². The molecule has 1 aromatic rings. The molecule has 1 atom stereocenters. The number of thioether (sulfide) groups is 1. The lowest BCUT2D eigenvalue weighted by molar-refractivity contribution is -0.137. The first-order valence-electron chi connectivity index (χ1n) is 7.76. The minimum atomic E-state index is -4.39. The molecule has 0 bridgehead atoms. The van der Waals surface area contributed by atoms with E-state index in [-0.39, 0.29) is 11.1 Å². The van der Waals surface area contributed by atoms with Crippen molar-refractivity contribution in [3.63, 3.8) is 0 Å². The average molecular weight is 399 g/mol. The molecule has 0 aromatic heterocycles. The van der Waals surface area contributed by atoms with Crippen LogP contribution in [-0.4, -0.2) is 37.0 Å². The number of nitrogens with zero attached hydrogens (tertiary/aromatic N) is 3. The van der Waals surface area contributed by atoms with Crippen molar-refractivity contribution in [3.8, 4) is 0 Å². The summed E-state index contributed by atoms with van der Waals surface area (Å²) in [5.41, 5.74) is 0.436. The molecule has 2 heterocycles. The van der Waals surface area contributed by atoms with Crippen LogP contribution in [0.25, 0.3) is 0 Å². The molecule has 1 aromatic carbocycles. The van der Waals surface area contributed by atoms with Crippen molar-refractivity contribution in [3.05, 3.63) is 52.3 Å². The molecule has 0 spiro atoms. The largest absolute Gasteiger partial charge is 0.503 e. The minimum absolute atomic E-state index is 0.250. The van der Waals surface area contributed by atoms with Crippen LogP contribution in [-0.2, 0) is 20.4 Å². The molecular weight excluding hydrogens is 383 g/mol. The number of carbonyl (C=O) groups excluding carboxylic acids is 1. The van der Waals surface area contributed by atoms with Gasteiger partial charge in [0.2, 0.25) is 0 Å². The zero-order valence-corrected chi connectivity index (χ0v) is 15.5. The summed E-state index contributed by atoms with van der Waals surface area (Å²) in [4.78, 5) is 14.4. The molecule has 0 saturated carbocycles. The highest BCUT2D eigenvalue weighted by molar-refractivity contribution is 8.04. The van der Waals surface area contributed by atoms with E-state index in [1.165, 1.54) is 44.4 Å². The van der Waals surface area contributed by atoms with Crippen molar-refractivity contribution < 1.29 is 27.4 Å². The van der Waals surface area contributed by atoms with Gasteiger partial charge < -0.3 is 9.47 Å². The third-order valence-corrected chi connectivity index (χ3v) is 5.41. The van der Waals surface area contributed by atoms with E-state index in [0.717, 1.165) is 12.1 Å². The first-order valence-corrected chi connectivity index (χ1v) is 8.64. The molecule has 0 N–H and O–H groups in total. The third-order valence-electron chi connectivity index (χ3n) is 4.02. The van der Waals surface area contributed by atoms with E-state index < -0.39 is 17.7 Å². The molecule has 144 valence electrons. The van der Waals surface area contributed by atoms with Crippen molar-refractivity contribution in [2.24, 2.45) is 5.10 Å². The van der Waals surface area contributed by atoms with Crippen LogP contribution in [0.15, 0.2) is 51.8 Å². The summed E-state index contributed by atoms with van der Waals surface area (Å²) in [6.07, 6.45) is -1.55. The zero-order chi connectivity index (χ0) is 19.8. The normalized spacial score (nSPS) is 19.6. The smallest absolute Gasteiger partial charge is 0.416 e. The average Bonchev–Trinajstić information content (AvgIpc) is 3.19. The van der Waals surface area contributed by atoms with Crippen molar-refractivity contribution in [1.82, 2.24) is 5.01 Å². The topological polar surface area (TPSA) is 54.4 Å². The number of alkyl halides is 3. The van der Waals surface area contributed by atoms with E-state index >= 15 is 0 Å². The number of hydrazone groups is 1. The van der Waals surface area contributed by atoms with Gasteiger partial charge in [0.25, 0.3) is 0 Å². The fourth-order valence-electron chi connectivity index (χ4n) is 2.69. The predicted molar refractivity (Wildman–Crippen MR) is 95.4 cm³/mol. The molecule has 27 heavy (non-hydrogen) atoms. The van der Waals surface area contributed by atoms with Crippen molar-refractivity contribution >= 4 is 29.8 Å². The fourth-order valence-corrected chi connectivity index (χ4v) is 4.03. The molecule has 0 fully saturated rings. The van der Waals surface area contributed by atoms with Gasteiger partial charge >= 0.3 is 12.1 Å². The zero-order valence-electron chi connectivity index (χ0n) is 14.6. The Morgan fingerprint density at radius 2 is 1.93 bits per heavy atom. The minimum Gasteiger partial charge on any atom is -0.503 e. The van der Waals surface area contributed by atoms with Crippen LogP contribution in [0.3, 0.4) is 0 Å². The number of allylic oxidation sites excluding steroid dienone is 1. The van der Waals surface area contributed by atoms with E-state index in [2.05, 4.69) is 5.10 Å². The molecule has 0 amide bonds. The van der Waals surface area contributed by atoms with Gasteiger partial charge in [-0.1, -0.05) is 11.8 Å². The van der Waals surface area contributed by atoms with Gasteiger partial charge in [0, 0.05) is 10.6 Å². The second-order valence-electron chi connectivity index (χ2n) is 5.64. The van der Waals surface area contributed by atoms with Crippen LogP contribution >= 0.6 is 11.8 Å². The lowest BCUT2D eigenvalue weighted by Gasteiger charge is -2.24. The number of carbonyl (C=O) groups is 1. The maximum absolute atomic E-state index is 12.8. The second kappa shape index (κ2) is 7.18. The molecule has 2 aliphatic heterocycles. The Hall–Kier alpha value is -2.62. The molecule has 3 rings (SSSR count). The Balaban J connectivity index is 1.86. The highest BCUT2D eigenvalue weighted by Gasteiger charge is 2.41.